The second-order valence-corrected chi connectivity index (χ2v) is 9.04. The number of rotatable bonds is 8. The Morgan fingerprint density at radius 2 is 1.76 bits per heavy atom. The Hall–Kier alpha value is -3.27. The summed E-state index contributed by atoms with van der Waals surface area (Å²) in [6.07, 6.45) is 3.40. The van der Waals surface area contributed by atoms with Crippen LogP contribution in [0.25, 0.3) is 0 Å². The van der Waals surface area contributed by atoms with Gasteiger partial charge in [0.2, 0.25) is 5.95 Å². The van der Waals surface area contributed by atoms with Crippen LogP contribution in [0.4, 0.5) is 16.0 Å². The number of benzene rings is 1. The summed E-state index contributed by atoms with van der Waals surface area (Å²) in [6.45, 7) is 10.3. The number of carbonyl (C=O) groups excluding carboxylic acids is 2. The van der Waals surface area contributed by atoms with Crippen LogP contribution in [0.5, 0.6) is 0 Å². The van der Waals surface area contributed by atoms with E-state index in [9.17, 15) is 14.0 Å². The number of nitrogens with one attached hydrogen (secondary N) is 2. The zero-order chi connectivity index (χ0) is 24.7. The number of ether oxygens (including phenoxy) is 1. The highest BCUT2D eigenvalue weighted by Gasteiger charge is 2.26. The van der Waals surface area contributed by atoms with Crippen LogP contribution in [0.2, 0.25) is 0 Å². The first kappa shape index (κ1) is 25.4. The van der Waals surface area contributed by atoms with Crippen molar-refractivity contribution >= 4 is 23.5 Å². The van der Waals surface area contributed by atoms with Crippen LogP contribution >= 0.6 is 0 Å². The SMILES string of the molecule is CCN[C@@H](CNC(=O)c1ccc(N2CCN(c3ncccn3)CC2)c(F)c1)C(=O)OC(C)(C)C. The number of nitrogens with zero attached hydrogens (tertiary/aromatic N) is 4. The topological polar surface area (TPSA) is 99.7 Å². The van der Waals surface area contributed by atoms with Crippen LogP contribution in [0.3, 0.4) is 0 Å². The van der Waals surface area contributed by atoms with Crippen LogP contribution in [-0.2, 0) is 9.53 Å². The molecule has 0 bridgehead atoms. The number of amides is 1. The van der Waals surface area contributed by atoms with Crippen LogP contribution in [0.15, 0.2) is 36.7 Å². The third kappa shape index (κ3) is 6.86. The number of aromatic nitrogens is 2. The molecule has 0 unspecified atom stereocenters. The minimum Gasteiger partial charge on any atom is -0.459 e. The smallest absolute Gasteiger partial charge is 0.325 e. The highest BCUT2D eigenvalue weighted by atomic mass is 19.1. The Morgan fingerprint density at radius 3 is 2.35 bits per heavy atom. The van der Waals surface area contributed by atoms with Gasteiger partial charge >= 0.3 is 5.97 Å². The van der Waals surface area contributed by atoms with Gasteiger partial charge in [0.1, 0.15) is 17.5 Å². The number of esters is 1. The molecule has 0 saturated carbocycles. The van der Waals surface area contributed by atoms with Crippen LogP contribution in [0, 0.1) is 5.82 Å². The number of carbonyl (C=O) groups is 2. The van der Waals surface area contributed by atoms with Gasteiger partial charge in [0.25, 0.3) is 5.91 Å². The van der Waals surface area contributed by atoms with Gasteiger partial charge in [0, 0.05) is 50.7 Å². The number of hydrogen-bond acceptors (Lipinski definition) is 8. The zero-order valence-corrected chi connectivity index (χ0v) is 20.2. The Bertz CT molecular complexity index is 974. The second-order valence-electron chi connectivity index (χ2n) is 9.04. The van der Waals surface area contributed by atoms with Crippen molar-refractivity contribution in [1.82, 2.24) is 20.6 Å². The van der Waals surface area contributed by atoms with Gasteiger partial charge in [0.15, 0.2) is 0 Å². The lowest BCUT2D eigenvalue weighted by Crippen LogP contribution is -2.48. The monoisotopic (exact) mass is 472 g/mol. The van der Waals surface area contributed by atoms with E-state index in [-0.39, 0.29) is 12.1 Å². The van der Waals surface area contributed by atoms with E-state index in [4.69, 9.17) is 4.74 Å². The first-order valence-electron chi connectivity index (χ1n) is 11.5. The molecule has 184 valence electrons. The molecule has 1 aliphatic rings. The van der Waals surface area contributed by atoms with Crippen molar-refractivity contribution in [1.29, 1.82) is 0 Å². The molecule has 3 rings (SSSR count). The fourth-order valence-corrected chi connectivity index (χ4v) is 3.66. The van der Waals surface area contributed by atoms with Gasteiger partial charge in [0.05, 0.1) is 5.69 Å². The Morgan fingerprint density at radius 1 is 1.12 bits per heavy atom. The molecule has 1 fully saturated rings. The fourth-order valence-electron chi connectivity index (χ4n) is 3.66. The third-order valence-corrected chi connectivity index (χ3v) is 5.27. The van der Waals surface area contributed by atoms with E-state index in [1.807, 2.05) is 11.8 Å². The number of halogens is 1. The molecule has 1 amide bonds. The van der Waals surface area contributed by atoms with Crippen molar-refractivity contribution in [2.24, 2.45) is 0 Å². The third-order valence-electron chi connectivity index (χ3n) is 5.27. The summed E-state index contributed by atoms with van der Waals surface area (Å²) in [5.74, 6) is -0.705. The molecule has 1 atom stereocenters. The van der Waals surface area contributed by atoms with E-state index in [1.54, 1.807) is 51.4 Å². The van der Waals surface area contributed by atoms with E-state index >= 15 is 0 Å². The highest BCUT2D eigenvalue weighted by Crippen LogP contribution is 2.23. The van der Waals surface area contributed by atoms with E-state index in [2.05, 4.69) is 25.5 Å². The van der Waals surface area contributed by atoms with Gasteiger partial charge in [-0.1, -0.05) is 6.92 Å². The van der Waals surface area contributed by atoms with E-state index < -0.39 is 29.3 Å². The molecule has 0 aliphatic carbocycles. The van der Waals surface area contributed by atoms with Gasteiger partial charge in [-0.3, -0.25) is 9.59 Å². The quantitative estimate of drug-likeness (QED) is 0.563. The standard InChI is InChI=1S/C24H33FN6O3/c1-5-26-19(22(33)34-24(2,3)4)16-29-21(32)17-7-8-20(18(25)15-17)30-11-13-31(14-12-30)23-27-9-6-10-28-23/h6-10,15,19,26H,5,11-14,16H2,1-4H3,(H,29,32)/t19-/m0/s1. The van der Waals surface area contributed by atoms with Gasteiger partial charge in [-0.05, 0) is 51.6 Å². The zero-order valence-electron chi connectivity index (χ0n) is 20.2. The van der Waals surface area contributed by atoms with Crippen molar-refractivity contribution in [2.75, 3.05) is 49.1 Å². The molecular formula is C24H33FN6O3. The second kappa shape index (κ2) is 11.2. The number of likely N-dealkylation sites (N-methyl/N-ethyl adjacent to an activating group) is 1. The Kier molecular flexibility index (Phi) is 8.38. The highest BCUT2D eigenvalue weighted by molar-refractivity contribution is 5.95. The predicted octanol–water partition coefficient (Wildman–Crippen LogP) is 1.99. The molecule has 1 aromatic heterocycles. The summed E-state index contributed by atoms with van der Waals surface area (Å²) in [7, 11) is 0. The molecule has 1 saturated heterocycles. The molecule has 34 heavy (non-hydrogen) atoms. The van der Waals surface area contributed by atoms with Gasteiger partial charge in [-0.25, -0.2) is 14.4 Å². The van der Waals surface area contributed by atoms with Gasteiger partial charge < -0.3 is 25.2 Å². The minimum absolute atomic E-state index is 0.0362. The lowest BCUT2D eigenvalue weighted by molar-refractivity contribution is -0.157. The summed E-state index contributed by atoms with van der Waals surface area (Å²) in [4.78, 5) is 37.5. The van der Waals surface area contributed by atoms with Gasteiger partial charge in [-0.15, -0.1) is 0 Å². The maximum Gasteiger partial charge on any atom is 0.325 e. The molecule has 1 aliphatic heterocycles. The molecule has 0 spiro atoms. The van der Waals surface area contributed by atoms with Crippen molar-refractivity contribution in [3.63, 3.8) is 0 Å². The van der Waals surface area contributed by atoms with Crippen LogP contribution in [0.1, 0.15) is 38.1 Å². The first-order chi connectivity index (χ1) is 16.2. The summed E-state index contributed by atoms with van der Waals surface area (Å²) < 4.78 is 20.3. The first-order valence-corrected chi connectivity index (χ1v) is 11.5. The molecule has 2 N–H and O–H groups in total. The van der Waals surface area contributed by atoms with Gasteiger partial charge in [-0.2, -0.15) is 0 Å². The molecule has 9 nitrogen and oxygen atoms in total. The number of hydrogen-bond donors (Lipinski definition) is 2. The average Bonchev–Trinajstić information content (AvgIpc) is 2.81. The fraction of sp³-hybridized carbons (Fsp3) is 0.500. The Labute approximate surface area is 199 Å². The molecule has 2 aromatic rings. The maximum atomic E-state index is 14.9. The molecule has 1 aromatic carbocycles. The maximum absolute atomic E-state index is 14.9. The minimum atomic E-state index is -0.692. The average molecular weight is 473 g/mol. The summed E-state index contributed by atoms with van der Waals surface area (Å²) in [5.41, 5.74) is 0.00863. The molecule has 0 radical (unpaired) electrons. The molecular weight excluding hydrogens is 439 g/mol. The molecule has 2 heterocycles. The van der Waals surface area contributed by atoms with E-state index in [1.165, 1.54) is 6.07 Å². The lowest BCUT2D eigenvalue weighted by atomic mass is 10.1. The largest absolute Gasteiger partial charge is 0.459 e. The predicted molar refractivity (Wildman–Crippen MR) is 129 cm³/mol. The van der Waals surface area contributed by atoms with Crippen molar-refractivity contribution in [3.8, 4) is 0 Å². The number of piperazine rings is 1. The normalized spacial score (nSPS) is 15.1. The van der Waals surface area contributed by atoms with Crippen LogP contribution in [-0.4, -0.2) is 72.8 Å². The summed E-state index contributed by atoms with van der Waals surface area (Å²) >= 11 is 0. The molecule has 10 heteroatoms. The number of anilines is 2. The van der Waals surface area contributed by atoms with Crippen molar-refractivity contribution in [2.45, 2.75) is 39.3 Å². The van der Waals surface area contributed by atoms with Crippen LogP contribution < -0.4 is 20.4 Å². The van der Waals surface area contributed by atoms with E-state index in [0.717, 1.165) is 0 Å². The summed E-state index contributed by atoms with van der Waals surface area (Å²) in [6, 6.07) is 5.52. The lowest BCUT2D eigenvalue weighted by Gasteiger charge is -2.36. The Balaban J connectivity index is 1.57. The van der Waals surface area contributed by atoms with E-state index in [0.29, 0.717) is 44.4 Å². The summed E-state index contributed by atoms with van der Waals surface area (Å²) in [5, 5.41) is 5.71. The van der Waals surface area contributed by atoms with Crippen molar-refractivity contribution < 1.29 is 18.7 Å². The van der Waals surface area contributed by atoms with Crippen molar-refractivity contribution in [3.05, 3.63) is 48.0 Å².